The van der Waals surface area contributed by atoms with Gasteiger partial charge in [-0.15, -0.1) is 0 Å². The first-order valence-corrected chi connectivity index (χ1v) is 8.55. The zero-order chi connectivity index (χ0) is 17.9. The molecule has 2 rings (SSSR count). The van der Waals surface area contributed by atoms with E-state index in [-0.39, 0.29) is 23.0 Å². The quantitative estimate of drug-likeness (QED) is 0.799. The molecule has 0 aliphatic carbocycles. The van der Waals surface area contributed by atoms with Crippen molar-refractivity contribution in [2.24, 2.45) is 0 Å². The zero-order valence-corrected chi connectivity index (χ0v) is 15.5. The molecule has 2 N–H and O–H groups in total. The van der Waals surface area contributed by atoms with Crippen molar-refractivity contribution in [3.63, 3.8) is 0 Å². The van der Waals surface area contributed by atoms with Gasteiger partial charge in [0.05, 0.1) is 0 Å². The maximum absolute atomic E-state index is 10.3. The summed E-state index contributed by atoms with van der Waals surface area (Å²) in [6, 6.07) is 12.3. The van der Waals surface area contributed by atoms with Crippen LogP contribution in [0.2, 0.25) is 5.02 Å². The van der Waals surface area contributed by atoms with E-state index < -0.39 is 0 Å². The minimum absolute atomic E-state index is 0.0552. The predicted octanol–water partition coefficient (Wildman–Crippen LogP) is 5.00. The van der Waals surface area contributed by atoms with Crippen LogP contribution < -0.4 is 0 Å². The Morgan fingerprint density at radius 1 is 1.00 bits per heavy atom. The number of phenolic OH excluding ortho intramolecular Hbond substituents is 2. The van der Waals surface area contributed by atoms with E-state index in [4.69, 9.17) is 11.6 Å². The Balaban J connectivity index is 2.39. The summed E-state index contributed by atoms with van der Waals surface area (Å²) in [5, 5.41) is 21.2. The average molecular weight is 348 g/mol. The lowest BCUT2D eigenvalue weighted by atomic mass is 9.87. The SMILES string of the molecule is CN(CCC(c1ccccc1O)c1cc(Cl)ccc1O)C(C)(C)C. The summed E-state index contributed by atoms with van der Waals surface area (Å²) in [5.41, 5.74) is 1.60. The van der Waals surface area contributed by atoms with Crippen molar-refractivity contribution in [2.45, 2.75) is 38.6 Å². The van der Waals surface area contributed by atoms with E-state index in [2.05, 4.69) is 32.7 Å². The van der Waals surface area contributed by atoms with Crippen molar-refractivity contribution < 1.29 is 10.2 Å². The van der Waals surface area contributed by atoms with Gasteiger partial charge in [-0.25, -0.2) is 0 Å². The summed E-state index contributed by atoms with van der Waals surface area (Å²) in [5.74, 6) is 0.307. The van der Waals surface area contributed by atoms with Crippen molar-refractivity contribution in [2.75, 3.05) is 13.6 Å². The Morgan fingerprint density at radius 3 is 2.25 bits per heavy atom. The van der Waals surface area contributed by atoms with Crippen molar-refractivity contribution >= 4 is 11.6 Å². The van der Waals surface area contributed by atoms with Crippen LogP contribution in [0.15, 0.2) is 42.5 Å². The van der Waals surface area contributed by atoms with Crippen LogP contribution in [0.1, 0.15) is 44.2 Å². The predicted molar refractivity (Wildman–Crippen MR) is 100 cm³/mol. The van der Waals surface area contributed by atoms with Gasteiger partial charge in [0.2, 0.25) is 0 Å². The Labute approximate surface area is 149 Å². The van der Waals surface area contributed by atoms with Crippen molar-refractivity contribution in [1.82, 2.24) is 4.90 Å². The van der Waals surface area contributed by atoms with Gasteiger partial charge in [-0.05, 0) is 65.0 Å². The molecule has 1 unspecified atom stereocenters. The fourth-order valence-corrected chi connectivity index (χ4v) is 2.90. The smallest absolute Gasteiger partial charge is 0.119 e. The minimum atomic E-state index is -0.130. The third-order valence-electron chi connectivity index (χ3n) is 4.58. The Bertz CT molecular complexity index is 694. The van der Waals surface area contributed by atoms with Crippen molar-refractivity contribution in [3.8, 4) is 11.5 Å². The Morgan fingerprint density at radius 2 is 1.62 bits per heavy atom. The lowest BCUT2D eigenvalue weighted by molar-refractivity contribution is 0.171. The van der Waals surface area contributed by atoms with E-state index in [0.717, 1.165) is 24.1 Å². The highest BCUT2D eigenvalue weighted by Crippen LogP contribution is 2.39. The summed E-state index contributed by atoms with van der Waals surface area (Å²) in [7, 11) is 2.08. The Kier molecular flexibility index (Phi) is 5.79. The van der Waals surface area contributed by atoms with Crippen LogP contribution in [0.4, 0.5) is 0 Å². The van der Waals surface area contributed by atoms with Crippen LogP contribution in [0.25, 0.3) is 0 Å². The van der Waals surface area contributed by atoms with E-state index in [9.17, 15) is 10.2 Å². The van der Waals surface area contributed by atoms with Crippen molar-refractivity contribution in [3.05, 3.63) is 58.6 Å². The molecule has 130 valence electrons. The number of benzene rings is 2. The molecule has 2 aromatic carbocycles. The normalized spacial score (nSPS) is 13.2. The maximum atomic E-state index is 10.3. The number of nitrogens with zero attached hydrogens (tertiary/aromatic N) is 1. The fraction of sp³-hybridized carbons (Fsp3) is 0.400. The second-order valence-corrected chi connectivity index (χ2v) is 7.63. The van der Waals surface area contributed by atoms with Gasteiger partial charge in [-0.2, -0.15) is 0 Å². The van der Waals surface area contributed by atoms with Gasteiger partial charge < -0.3 is 15.1 Å². The third-order valence-corrected chi connectivity index (χ3v) is 4.81. The van der Waals surface area contributed by atoms with Crippen LogP contribution in [-0.2, 0) is 0 Å². The highest BCUT2D eigenvalue weighted by atomic mass is 35.5. The zero-order valence-electron chi connectivity index (χ0n) is 14.8. The fourth-order valence-electron chi connectivity index (χ4n) is 2.72. The van der Waals surface area contributed by atoms with Gasteiger partial charge in [0, 0.05) is 27.6 Å². The van der Waals surface area contributed by atoms with Crippen LogP contribution in [-0.4, -0.2) is 34.2 Å². The maximum Gasteiger partial charge on any atom is 0.119 e. The number of hydrogen-bond donors (Lipinski definition) is 2. The first-order valence-electron chi connectivity index (χ1n) is 8.17. The van der Waals surface area contributed by atoms with E-state index in [1.54, 1.807) is 30.3 Å². The molecular weight excluding hydrogens is 322 g/mol. The first-order chi connectivity index (χ1) is 11.2. The molecule has 4 heteroatoms. The molecule has 0 radical (unpaired) electrons. The summed E-state index contributed by atoms with van der Waals surface area (Å²) < 4.78 is 0. The molecule has 1 atom stereocenters. The van der Waals surface area contributed by atoms with Gasteiger partial charge >= 0.3 is 0 Å². The minimum Gasteiger partial charge on any atom is -0.508 e. The number of halogens is 1. The topological polar surface area (TPSA) is 43.7 Å². The number of rotatable bonds is 5. The summed E-state index contributed by atoms with van der Waals surface area (Å²) in [4.78, 5) is 2.27. The third kappa shape index (κ3) is 4.43. The van der Waals surface area contributed by atoms with E-state index in [0.29, 0.717) is 5.02 Å². The number of aromatic hydroxyl groups is 2. The number of hydrogen-bond acceptors (Lipinski definition) is 3. The monoisotopic (exact) mass is 347 g/mol. The molecule has 0 bridgehead atoms. The highest BCUT2D eigenvalue weighted by molar-refractivity contribution is 6.30. The first kappa shape index (κ1) is 18.6. The van der Waals surface area contributed by atoms with Crippen molar-refractivity contribution in [1.29, 1.82) is 0 Å². The molecule has 3 nitrogen and oxygen atoms in total. The molecule has 0 spiro atoms. The number of para-hydroxylation sites is 1. The van der Waals surface area contributed by atoms with Crippen LogP contribution >= 0.6 is 11.6 Å². The molecule has 24 heavy (non-hydrogen) atoms. The number of phenols is 2. The van der Waals surface area contributed by atoms with Crippen LogP contribution in [0.3, 0.4) is 0 Å². The summed E-state index contributed by atoms with van der Waals surface area (Å²) in [6.07, 6.45) is 0.763. The van der Waals surface area contributed by atoms with E-state index in [1.807, 2.05) is 12.1 Å². The van der Waals surface area contributed by atoms with Gasteiger partial charge in [0.25, 0.3) is 0 Å². The largest absolute Gasteiger partial charge is 0.508 e. The summed E-state index contributed by atoms with van der Waals surface area (Å²) >= 11 is 6.14. The molecule has 2 aromatic rings. The summed E-state index contributed by atoms with van der Waals surface area (Å²) in [6.45, 7) is 7.32. The molecule has 0 aromatic heterocycles. The van der Waals surface area contributed by atoms with Gasteiger partial charge in [-0.3, -0.25) is 0 Å². The molecular formula is C20H26ClNO2. The van der Waals surface area contributed by atoms with E-state index in [1.165, 1.54) is 0 Å². The molecule has 0 aliphatic heterocycles. The van der Waals surface area contributed by atoms with Crippen LogP contribution in [0.5, 0.6) is 11.5 Å². The second-order valence-electron chi connectivity index (χ2n) is 7.20. The van der Waals surface area contributed by atoms with Gasteiger partial charge in [0.1, 0.15) is 11.5 Å². The van der Waals surface area contributed by atoms with Crippen LogP contribution in [0, 0.1) is 0 Å². The standard InChI is InChI=1S/C20H26ClNO2/c1-20(2,3)22(4)12-11-15(16-7-5-6-8-18(16)23)17-13-14(21)9-10-19(17)24/h5-10,13,15,23-24H,11-12H2,1-4H3. The molecule has 0 heterocycles. The van der Waals surface area contributed by atoms with Gasteiger partial charge in [-0.1, -0.05) is 29.8 Å². The highest BCUT2D eigenvalue weighted by Gasteiger charge is 2.24. The second kappa shape index (κ2) is 7.45. The molecule has 0 aliphatic rings. The molecule has 0 fully saturated rings. The lowest BCUT2D eigenvalue weighted by Gasteiger charge is -2.33. The molecule has 0 amide bonds. The lowest BCUT2D eigenvalue weighted by Crippen LogP contribution is -2.39. The average Bonchev–Trinajstić information content (AvgIpc) is 2.51. The molecule has 0 saturated heterocycles. The van der Waals surface area contributed by atoms with E-state index >= 15 is 0 Å². The molecule has 0 saturated carbocycles. The van der Waals surface area contributed by atoms with Gasteiger partial charge in [0.15, 0.2) is 0 Å². The Hall–Kier alpha value is -1.71.